The van der Waals surface area contributed by atoms with Crippen molar-refractivity contribution in [3.8, 4) is 17.7 Å². The fourth-order valence-corrected chi connectivity index (χ4v) is 3.84. The van der Waals surface area contributed by atoms with Gasteiger partial charge in [0.15, 0.2) is 5.82 Å². The molecule has 4 rings (SSSR count). The Bertz CT molecular complexity index is 1130. The first-order chi connectivity index (χ1) is 12.7. The van der Waals surface area contributed by atoms with Gasteiger partial charge in [0, 0.05) is 6.07 Å². The normalized spacial score (nSPS) is 19.6. The molecule has 140 valence electrons. The molecule has 1 saturated heterocycles. The highest BCUT2D eigenvalue weighted by atomic mass is 32.2. The quantitative estimate of drug-likeness (QED) is 0.756. The van der Waals surface area contributed by atoms with E-state index >= 15 is 0 Å². The maximum atomic E-state index is 15.0. The van der Waals surface area contributed by atoms with Crippen molar-refractivity contribution in [2.75, 3.05) is 17.5 Å². The van der Waals surface area contributed by atoms with Gasteiger partial charge in [-0.25, -0.2) is 23.4 Å². The molecule has 0 radical (unpaired) electrons. The van der Waals surface area contributed by atoms with Crippen LogP contribution in [0.3, 0.4) is 0 Å². The van der Waals surface area contributed by atoms with Gasteiger partial charge in [-0.15, -0.1) is 0 Å². The molecule has 12 heteroatoms. The van der Waals surface area contributed by atoms with Crippen molar-refractivity contribution < 1.29 is 27.4 Å². The van der Waals surface area contributed by atoms with Crippen molar-refractivity contribution in [2.45, 2.75) is 12.8 Å². The second-order valence-electron chi connectivity index (χ2n) is 6.35. The Morgan fingerprint density at radius 3 is 2.81 bits per heavy atom. The number of hydrogen-bond acceptors (Lipinski definition) is 8. The minimum atomic E-state index is -4.32. The minimum Gasteiger partial charge on any atom is -0.506 e. The van der Waals surface area contributed by atoms with E-state index in [4.69, 9.17) is 10.00 Å². The Morgan fingerprint density at radius 1 is 1.48 bits per heavy atom. The van der Waals surface area contributed by atoms with Gasteiger partial charge in [-0.1, -0.05) is 0 Å². The molecule has 1 aliphatic heterocycles. The standard InChI is InChI=1S/C15H12FN5O5S/c16-12-13-8(18-4-11(19-13)26-7-15(6-17)1-2-15)3-9(22)14(12)21-5-10(23)20-27(21,24)25/h3-4,22H,1-2,5,7H2,(H,20,23). The van der Waals surface area contributed by atoms with E-state index in [1.165, 1.54) is 6.20 Å². The smallest absolute Gasteiger partial charge is 0.326 e. The zero-order valence-electron chi connectivity index (χ0n) is 13.6. The summed E-state index contributed by atoms with van der Waals surface area (Å²) in [6, 6.07) is 3.19. The molecular formula is C15H12FN5O5S. The molecule has 1 amide bonds. The van der Waals surface area contributed by atoms with Gasteiger partial charge >= 0.3 is 10.2 Å². The van der Waals surface area contributed by atoms with Crippen molar-refractivity contribution >= 4 is 32.8 Å². The molecule has 1 aromatic heterocycles. The number of rotatable bonds is 4. The van der Waals surface area contributed by atoms with Crippen LogP contribution in [0.5, 0.6) is 11.6 Å². The van der Waals surface area contributed by atoms with Gasteiger partial charge in [0.25, 0.3) is 5.91 Å². The third kappa shape index (κ3) is 2.85. The van der Waals surface area contributed by atoms with E-state index in [-0.39, 0.29) is 23.5 Å². The first kappa shape index (κ1) is 17.2. The molecule has 2 aromatic rings. The maximum absolute atomic E-state index is 15.0. The molecule has 0 unspecified atom stereocenters. The number of nitrogens with one attached hydrogen (secondary N) is 1. The number of aromatic hydroxyl groups is 1. The Morgan fingerprint density at radius 2 is 2.22 bits per heavy atom. The van der Waals surface area contributed by atoms with Crippen LogP contribution < -0.4 is 13.8 Å². The van der Waals surface area contributed by atoms with Gasteiger partial charge < -0.3 is 9.84 Å². The monoisotopic (exact) mass is 393 g/mol. The Labute approximate surface area is 152 Å². The lowest BCUT2D eigenvalue weighted by Crippen LogP contribution is -2.30. The van der Waals surface area contributed by atoms with Crippen molar-refractivity contribution in [2.24, 2.45) is 5.41 Å². The molecule has 2 heterocycles. The highest BCUT2D eigenvalue weighted by molar-refractivity contribution is 7.92. The van der Waals surface area contributed by atoms with E-state index in [0.29, 0.717) is 17.1 Å². The van der Waals surface area contributed by atoms with Crippen LogP contribution in [0.2, 0.25) is 0 Å². The van der Waals surface area contributed by atoms with Crippen molar-refractivity contribution in [1.82, 2.24) is 14.7 Å². The summed E-state index contributed by atoms with van der Waals surface area (Å²) in [4.78, 5) is 19.3. The van der Waals surface area contributed by atoms with E-state index in [0.717, 1.165) is 6.07 Å². The number of carbonyl (C=O) groups is 1. The first-order valence-electron chi connectivity index (χ1n) is 7.80. The predicted octanol–water partition coefficient (Wildman–Crippen LogP) is 0.338. The number of aromatic nitrogens is 2. The fraction of sp³-hybridized carbons (Fsp3) is 0.333. The summed E-state index contributed by atoms with van der Waals surface area (Å²) >= 11 is 0. The average Bonchev–Trinajstić information content (AvgIpc) is 3.34. The highest BCUT2D eigenvalue weighted by Crippen LogP contribution is 2.45. The Hall–Kier alpha value is -3.20. The zero-order chi connectivity index (χ0) is 19.4. The number of hydrogen-bond donors (Lipinski definition) is 2. The Balaban J connectivity index is 1.75. The summed E-state index contributed by atoms with van der Waals surface area (Å²) in [5, 5.41) is 19.1. The van der Waals surface area contributed by atoms with Crippen LogP contribution in [-0.2, 0) is 15.0 Å². The molecule has 1 saturated carbocycles. The number of amides is 1. The number of phenols is 1. The number of fused-ring (bicyclic) bond motifs is 1. The van der Waals surface area contributed by atoms with Gasteiger partial charge in [-0.2, -0.15) is 13.7 Å². The fourth-order valence-electron chi connectivity index (χ4n) is 2.68. The van der Waals surface area contributed by atoms with Crippen LogP contribution in [0.25, 0.3) is 11.0 Å². The molecule has 1 aromatic carbocycles. The minimum absolute atomic E-state index is 0.0293. The summed E-state index contributed by atoms with van der Waals surface area (Å²) in [7, 11) is -4.32. The summed E-state index contributed by atoms with van der Waals surface area (Å²) in [6.45, 7) is -0.595. The van der Waals surface area contributed by atoms with E-state index in [1.54, 1.807) is 4.72 Å². The van der Waals surface area contributed by atoms with Gasteiger partial charge in [-0.3, -0.25) is 4.79 Å². The summed E-state index contributed by atoms with van der Waals surface area (Å²) in [5.41, 5.74) is -1.64. The molecule has 2 N–H and O–H groups in total. The molecule has 10 nitrogen and oxygen atoms in total. The molecular weight excluding hydrogens is 381 g/mol. The molecule has 0 bridgehead atoms. The van der Waals surface area contributed by atoms with Gasteiger partial charge in [0.05, 0.1) is 23.2 Å². The van der Waals surface area contributed by atoms with Crippen molar-refractivity contribution in [3.05, 3.63) is 18.1 Å². The summed E-state index contributed by atoms with van der Waals surface area (Å²) in [5.74, 6) is -2.77. The zero-order valence-corrected chi connectivity index (χ0v) is 14.5. The molecule has 0 spiro atoms. The average molecular weight is 393 g/mol. The highest BCUT2D eigenvalue weighted by Gasteiger charge is 2.44. The second kappa shape index (κ2) is 5.65. The van der Waals surface area contributed by atoms with Crippen LogP contribution in [0.15, 0.2) is 12.3 Å². The topological polar surface area (TPSA) is 146 Å². The summed E-state index contributed by atoms with van der Waals surface area (Å²) < 4.78 is 46.4. The largest absolute Gasteiger partial charge is 0.506 e. The molecule has 2 aliphatic rings. The van der Waals surface area contributed by atoms with Crippen LogP contribution in [0.1, 0.15) is 12.8 Å². The first-order valence-corrected chi connectivity index (χ1v) is 9.24. The second-order valence-corrected chi connectivity index (χ2v) is 7.95. The van der Waals surface area contributed by atoms with E-state index in [9.17, 15) is 22.7 Å². The van der Waals surface area contributed by atoms with Gasteiger partial charge in [0.1, 0.15) is 30.1 Å². The SMILES string of the molecule is N#CC1(COc2cnc3cc(O)c(N4CC(=O)NS4(=O)=O)c(F)c3n2)CC1. The number of carbonyl (C=O) groups excluding carboxylic acids is 1. The van der Waals surface area contributed by atoms with E-state index in [1.807, 2.05) is 0 Å². The molecule has 1 aliphatic carbocycles. The van der Waals surface area contributed by atoms with Crippen LogP contribution in [0.4, 0.5) is 10.1 Å². The van der Waals surface area contributed by atoms with Crippen LogP contribution >= 0.6 is 0 Å². The summed E-state index contributed by atoms with van der Waals surface area (Å²) in [6.07, 6.45) is 2.61. The van der Waals surface area contributed by atoms with Crippen LogP contribution in [0, 0.1) is 22.6 Å². The lowest BCUT2D eigenvalue weighted by molar-refractivity contribution is -0.117. The van der Waals surface area contributed by atoms with E-state index in [2.05, 4.69) is 16.0 Å². The van der Waals surface area contributed by atoms with Crippen LogP contribution in [-0.4, -0.2) is 42.6 Å². The van der Waals surface area contributed by atoms with Crippen molar-refractivity contribution in [3.63, 3.8) is 0 Å². The number of phenolic OH excluding ortho intramolecular Hbond substituents is 1. The number of nitriles is 1. The van der Waals surface area contributed by atoms with Gasteiger partial charge in [0.2, 0.25) is 5.88 Å². The van der Waals surface area contributed by atoms with E-state index < -0.39 is 45.3 Å². The number of benzene rings is 1. The molecule has 0 atom stereocenters. The number of halogens is 1. The number of ether oxygens (including phenoxy) is 1. The molecule has 27 heavy (non-hydrogen) atoms. The third-order valence-corrected chi connectivity index (χ3v) is 5.74. The lowest BCUT2D eigenvalue weighted by Gasteiger charge is -2.17. The molecule has 2 fully saturated rings. The lowest BCUT2D eigenvalue weighted by atomic mass is 10.1. The Kier molecular flexibility index (Phi) is 3.60. The number of nitrogens with zero attached hydrogens (tertiary/aromatic N) is 4. The number of anilines is 1. The maximum Gasteiger partial charge on any atom is 0.326 e. The van der Waals surface area contributed by atoms with Crippen molar-refractivity contribution in [1.29, 1.82) is 5.26 Å². The third-order valence-electron chi connectivity index (χ3n) is 4.37. The van der Waals surface area contributed by atoms with Gasteiger partial charge in [-0.05, 0) is 12.8 Å². The predicted molar refractivity (Wildman–Crippen MR) is 88.3 cm³/mol.